The molecule has 0 bridgehead atoms. The monoisotopic (exact) mass is 346 g/mol. The van der Waals surface area contributed by atoms with Gasteiger partial charge >= 0.3 is 0 Å². The van der Waals surface area contributed by atoms with Crippen molar-refractivity contribution in [1.29, 1.82) is 0 Å². The lowest BCUT2D eigenvalue weighted by Gasteiger charge is -2.11. The fourth-order valence-corrected chi connectivity index (χ4v) is 2.91. The van der Waals surface area contributed by atoms with E-state index in [1.54, 1.807) is 6.92 Å². The third kappa shape index (κ3) is 2.68. The van der Waals surface area contributed by atoms with Gasteiger partial charge in [-0.1, -0.05) is 15.9 Å². The van der Waals surface area contributed by atoms with Gasteiger partial charge in [-0.15, -0.1) is 10.2 Å². The molecular formula is C15H15BrN4O. The van der Waals surface area contributed by atoms with Gasteiger partial charge in [0.1, 0.15) is 11.6 Å². The van der Waals surface area contributed by atoms with E-state index in [9.17, 15) is 4.79 Å². The first-order valence-electron chi connectivity index (χ1n) is 6.80. The van der Waals surface area contributed by atoms with E-state index < -0.39 is 0 Å². The first kappa shape index (κ1) is 14.1. The molecule has 0 aliphatic carbocycles. The number of benzene rings is 1. The van der Waals surface area contributed by atoms with Crippen LogP contribution in [0, 0.1) is 6.92 Å². The molecule has 6 heteroatoms. The molecule has 1 aromatic heterocycles. The third-order valence-corrected chi connectivity index (χ3v) is 3.97. The number of halogens is 1. The highest BCUT2D eigenvalue weighted by Gasteiger charge is 2.21. The molecule has 1 aliphatic heterocycles. The molecule has 0 saturated heterocycles. The fraction of sp³-hybridized carbons (Fsp3) is 0.333. The number of nitrogens with zero attached hydrogens (tertiary/aromatic N) is 4. The number of hydrogen-bond donors (Lipinski definition) is 0. The average molecular weight is 347 g/mol. The summed E-state index contributed by atoms with van der Waals surface area (Å²) in [5, 5.41) is 8.41. The Morgan fingerprint density at radius 3 is 2.95 bits per heavy atom. The molecular weight excluding hydrogens is 332 g/mol. The highest BCUT2D eigenvalue weighted by atomic mass is 79.9. The van der Waals surface area contributed by atoms with Gasteiger partial charge in [0, 0.05) is 22.2 Å². The van der Waals surface area contributed by atoms with Crippen molar-refractivity contribution in [2.75, 3.05) is 6.54 Å². The van der Waals surface area contributed by atoms with Crippen LogP contribution in [-0.2, 0) is 11.2 Å². The molecule has 0 unspecified atom stereocenters. The van der Waals surface area contributed by atoms with Crippen molar-refractivity contribution in [2.45, 2.75) is 26.7 Å². The van der Waals surface area contributed by atoms with Gasteiger partial charge in [0.05, 0.1) is 12.2 Å². The zero-order chi connectivity index (χ0) is 15.0. The molecule has 0 N–H and O–H groups in total. The Hall–Kier alpha value is -1.82. The molecule has 0 amide bonds. The van der Waals surface area contributed by atoms with Crippen LogP contribution in [0.3, 0.4) is 0 Å². The van der Waals surface area contributed by atoms with E-state index in [1.807, 2.05) is 25.1 Å². The van der Waals surface area contributed by atoms with Gasteiger partial charge in [-0.2, -0.15) is 0 Å². The summed E-state index contributed by atoms with van der Waals surface area (Å²) in [4.78, 5) is 15.7. The van der Waals surface area contributed by atoms with Crippen LogP contribution in [0.2, 0.25) is 0 Å². The van der Waals surface area contributed by atoms with Crippen molar-refractivity contribution in [3.8, 4) is 5.69 Å². The summed E-state index contributed by atoms with van der Waals surface area (Å²) in [5.41, 5.74) is 3.01. The van der Waals surface area contributed by atoms with E-state index in [1.165, 1.54) is 0 Å². The maximum atomic E-state index is 11.2. The van der Waals surface area contributed by atoms with Crippen molar-refractivity contribution >= 4 is 27.4 Å². The summed E-state index contributed by atoms with van der Waals surface area (Å²) in [6.07, 6.45) is 1.53. The Kier molecular flexibility index (Phi) is 3.71. The molecule has 0 spiro atoms. The van der Waals surface area contributed by atoms with E-state index in [-0.39, 0.29) is 12.3 Å². The number of aryl methyl sites for hydroxylation is 2. The van der Waals surface area contributed by atoms with Crippen LogP contribution >= 0.6 is 15.9 Å². The Morgan fingerprint density at radius 1 is 1.38 bits per heavy atom. The number of carbonyl (C=O) groups excluding carboxylic acids is 1. The van der Waals surface area contributed by atoms with Gasteiger partial charge in [0.25, 0.3) is 0 Å². The van der Waals surface area contributed by atoms with Gasteiger partial charge < -0.3 is 0 Å². The van der Waals surface area contributed by atoms with Gasteiger partial charge in [-0.05, 0) is 38.5 Å². The van der Waals surface area contributed by atoms with Crippen LogP contribution in [0.15, 0.2) is 27.7 Å². The van der Waals surface area contributed by atoms with E-state index in [4.69, 9.17) is 0 Å². The number of fused-ring (bicyclic) bond motifs is 3. The lowest BCUT2D eigenvalue weighted by molar-refractivity contribution is -0.115. The molecule has 0 fully saturated rings. The highest BCUT2D eigenvalue weighted by molar-refractivity contribution is 9.10. The normalized spacial score (nSPS) is 15.5. The fourth-order valence-electron chi connectivity index (χ4n) is 2.55. The first-order valence-corrected chi connectivity index (χ1v) is 7.59. The number of hydrogen-bond acceptors (Lipinski definition) is 4. The largest absolute Gasteiger partial charge is 0.298 e. The predicted molar refractivity (Wildman–Crippen MR) is 84.2 cm³/mol. The van der Waals surface area contributed by atoms with Crippen molar-refractivity contribution in [3.63, 3.8) is 0 Å². The molecule has 0 radical (unpaired) electrons. The molecule has 0 atom stereocenters. The Labute approximate surface area is 131 Å². The minimum atomic E-state index is 0.0684. The number of ketones is 1. The van der Waals surface area contributed by atoms with E-state index in [0.717, 1.165) is 45.9 Å². The summed E-state index contributed by atoms with van der Waals surface area (Å²) < 4.78 is 3.06. The second kappa shape index (κ2) is 5.52. The maximum absolute atomic E-state index is 11.2. The molecule has 0 saturated carbocycles. The Bertz CT molecular complexity index is 748. The van der Waals surface area contributed by atoms with Crippen molar-refractivity contribution < 1.29 is 4.79 Å². The van der Waals surface area contributed by atoms with Crippen LogP contribution < -0.4 is 0 Å². The minimum absolute atomic E-state index is 0.0684. The highest BCUT2D eigenvalue weighted by Crippen LogP contribution is 2.27. The third-order valence-electron chi connectivity index (χ3n) is 3.48. The summed E-state index contributed by atoms with van der Waals surface area (Å²) >= 11 is 3.51. The van der Waals surface area contributed by atoms with Crippen LogP contribution in [0.1, 0.15) is 30.6 Å². The molecule has 108 valence electrons. The second-order valence-electron chi connectivity index (χ2n) is 5.13. The zero-order valence-electron chi connectivity index (χ0n) is 11.9. The minimum Gasteiger partial charge on any atom is -0.298 e. The number of aliphatic imine (C=N–C) groups is 1. The van der Waals surface area contributed by atoms with Gasteiger partial charge in [-0.3, -0.25) is 14.4 Å². The van der Waals surface area contributed by atoms with Crippen LogP contribution in [-0.4, -0.2) is 32.8 Å². The number of carbonyl (C=O) groups is 1. The van der Waals surface area contributed by atoms with E-state index >= 15 is 0 Å². The van der Waals surface area contributed by atoms with E-state index in [2.05, 4.69) is 35.7 Å². The molecule has 3 rings (SSSR count). The summed E-state index contributed by atoms with van der Waals surface area (Å²) in [7, 11) is 0. The van der Waals surface area contributed by atoms with Gasteiger partial charge in [-0.25, -0.2) is 0 Å². The van der Waals surface area contributed by atoms with Crippen LogP contribution in [0.25, 0.3) is 5.69 Å². The number of rotatable bonds is 2. The maximum Gasteiger partial charge on any atom is 0.151 e. The van der Waals surface area contributed by atoms with Gasteiger partial charge in [0.15, 0.2) is 5.78 Å². The summed E-state index contributed by atoms with van der Waals surface area (Å²) in [6, 6.07) is 6.08. The van der Waals surface area contributed by atoms with Crippen molar-refractivity contribution in [3.05, 3.63) is 39.9 Å². The molecule has 1 aromatic carbocycles. The molecule has 21 heavy (non-hydrogen) atoms. The average Bonchev–Trinajstić information content (AvgIpc) is 2.72. The Morgan fingerprint density at radius 2 is 2.19 bits per heavy atom. The van der Waals surface area contributed by atoms with Crippen LogP contribution in [0.4, 0.5) is 0 Å². The second-order valence-corrected chi connectivity index (χ2v) is 6.04. The summed E-state index contributed by atoms with van der Waals surface area (Å²) in [5.74, 6) is 1.87. The SMILES string of the molecule is CC(=O)CN=C1CCc2nnc(C)n2-c2ccc(Br)cc21. The number of Topliss-reactive ketones (excluding diaryl/α,β-unsaturated/α-hetero) is 1. The molecule has 2 heterocycles. The van der Waals surface area contributed by atoms with Crippen LogP contribution in [0.5, 0.6) is 0 Å². The van der Waals surface area contributed by atoms with Crippen molar-refractivity contribution in [1.82, 2.24) is 14.8 Å². The molecule has 2 aromatic rings. The smallest absolute Gasteiger partial charge is 0.151 e. The topological polar surface area (TPSA) is 60.1 Å². The van der Waals surface area contributed by atoms with E-state index in [0.29, 0.717) is 0 Å². The quantitative estimate of drug-likeness (QED) is 0.839. The van der Waals surface area contributed by atoms with Crippen molar-refractivity contribution in [2.24, 2.45) is 4.99 Å². The summed E-state index contributed by atoms with van der Waals surface area (Å²) in [6.45, 7) is 3.72. The van der Waals surface area contributed by atoms with Gasteiger partial charge in [0.2, 0.25) is 0 Å². The number of aromatic nitrogens is 3. The first-order chi connectivity index (χ1) is 10.1. The standard InChI is InChI=1S/C15H15BrN4O/c1-9(21)8-17-13-4-6-15-19-18-10(2)20(15)14-5-3-11(16)7-12(13)14/h3,5,7H,4,6,8H2,1-2H3. The lowest BCUT2D eigenvalue weighted by Crippen LogP contribution is -2.08. The molecule has 1 aliphatic rings. The lowest BCUT2D eigenvalue weighted by atomic mass is 10.0. The predicted octanol–water partition coefficient (Wildman–Crippen LogP) is 2.66. The zero-order valence-corrected chi connectivity index (χ0v) is 13.5. The Balaban J connectivity index is 2.19. The molecule has 5 nitrogen and oxygen atoms in total.